The number of hydrogen-bond acceptors (Lipinski definition) is 8. The fraction of sp³-hybridized carbons (Fsp3) is 0.200. The summed E-state index contributed by atoms with van der Waals surface area (Å²) in [6.45, 7) is -0.886. The second kappa shape index (κ2) is 7.52. The van der Waals surface area contributed by atoms with Crippen molar-refractivity contribution in [2.45, 2.75) is 12.0 Å². The topological polar surface area (TPSA) is 145 Å². The molecule has 1 aliphatic rings. The molecule has 1 atom stereocenters. The number of alkyl halides is 2. The molecule has 1 unspecified atom stereocenters. The maximum Gasteiger partial charge on any atom is 0.325 e. The number of pyridine rings is 1. The molecule has 1 fully saturated rings. The van der Waals surface area contributed by atoms with Gasteiger partial charge in [0.05, 0.1) is 36.0 Å². The van der Waals surface area contributed by atoms with E-state index in [2.05, 4.69) is 25.0 Å². The van der Waals surface area contributed by atoms with Crippen LogP contribution in [0, 0.1) is 11.3 Å². The molecule has 33 heavy (non-hydrogen) atoms. The Morgan fingerprint density at radius 1 is 1.24 bits per heavy atom. The largest absolute Gasteiger partial charge is 0.466 e. The number of aromatic amines is 2. The molecule has 11 nitrogen and oxygen atoms in total. The molecule has 0 bridgehead atoms. The van der Waals surface area contributed by atoms with Crippen LogP contribution in [0.1, 0.15) is 5.56 Å². The van der Waals surface area contributed by atoms with Crippen LogP contribution in [0.4, 0.5) is 14.5 Å². The average molecular weight is 452 g/mol. The van der Waals surface area contributed by atoms with Gasteiger partial charge in [-0.15, -0.1) is 0 Å². The molecule has 1 aliphatic heterocycles. The molecule has 0 saturated carbocycles. The number of imidazole rings is 1. The van der Waals surface area contributed by atoms with E-state index in [4.69, 9.17) is 10.00 Å². The van der Waals surface area contributed by atoms with Crippen LogP contribution in [-0.2, 0) is 0 Å². The molecule has 0 radical (unpaired) electrons. The molecule has 0 amide bonds. The summed E-state index contributed by atoms with van der Waals surface area (Å²) in [4.78, 5) is 37.5. The van der Waals surface area contributed by atoms with Crippen molar-refractivity contribution in [3.05, 3.63) is 69.4 Å². The molecule has 0 spiro atoms. The minimum Gasteiger partial charge on any atom is -0.466 e. The van der Waals surface area contributed by atoms with Gasteiger partial charge >= 0.3 is 11.6 Å². The van der Waals surface area contributed by atoms with Crippen molar-refractivity contribution in [3.63, 3.8) is 0 Å². The first-order valence-electron chi connectivity index (χ1n) is 9.66. The van der Waals surface area contributed by atoms with Gasteiger partial charge in [0.2, 0.25) is 5.88 Å². The molecule has 4 aromatic rings. The van der Waals surface area contributed by atoms with Crippen LogP contribution in [0.3, 0.4) is 0 Å². The van der Waals surface area contributed by atoms with Crippen LogP contribution < -0.4 is 20.9 Å². The zero-order valence-corrected chi connectivity index (χ0v) is 16.7. The Balaban J connectivity index is 1.52. The lowest BCUT2D eigenvalue weighted by molar-refractivity contribution is -0.0609. The maximum absolute atomic E-state index is 14.9. The predicted molar refractivity (Wildman–Crippen MR) is 110 cm³/mol. The van der Waals surface area contributed by atoms with Gasteiger partial charge in [0, 0.05) is 30.9 Å². The van der Waals surface area contributed by atoms with Crippen LogP contribution in [0.2, 0.25) is 0 Å². The SMILES string of the molecule is N#Cc1ccnc(OC2CN(c3cc(-c4c[nH]c(=O)[nH]c4=O)nn4ccnc34)CC2(F)F)c1. The fourth-order valence-corrected chi connectivity index (χ4v) is 3.62. The number of anilines is 1. The third-order valence-corrected chi connectivity index (χ3v) is 5.16. The molecular formula is C20H14F2N8O3. The molecule has 2 N–H and O–H groups in total. The van der Waals surface area contributed by atoms with Crippen molar-refractivity contribution < 1.29 is 13.5 Å². The van der Waals surface area contributed by atoms with Crippen LogP contribution in [0.15, 0.2) is 52.6 Å². The van der Waals surface area contributed by atoms with Crippen LogP contribution in [0.25, 0.3) is 16.9 Å². The van der Waals surface area contributed by atoms with Crippen LogP contribution >= 0.6 is 0 Å². The van der Waals surface area contributed by atoms with Crippen LogP contribution in [-0.4, -0.2) is 54.7 Å². The van der Waals surface area contributed by atoms with Gasteiger partial charge in [0.1, 0.15) is 5.69 Å². The van der Waals surface area contributed by atoms with Gasteiger partial charge in [-0.1, -0.05) is 0 Å². The number of ether oxygens (including phenoxy) is 1. The lowest BCUT2D eigenvalue weighted by Gasteiger charge is -2.19. The third-order valence-electron chi connectivity index (χ3n) is 5.16. The highest BCUT2D eigenvalue weighted by Crippen LogP contribution is 2.36. The quantitative estimate of drug-likeness (QED) is 0.465. The minimum atomic E-state index is -3.24. The summed E-state index contributed by atoms with van der Waals surface area (Å²) in [6, 6.07) is 6.10. The van der Waals surface area contributed by atoms with Crippen molar-refractivity contribution in [1.29, 1.82) is 5.26 Å². The normalized spacial score (nSPS) is 17.2. The first kappa shape index (κ1) is 20.3. The highest BCUT2D eigenvalue weighted by atomic mass is 19.3. The number of hydrogen-bond donors (Lipinski definition) is 2. The second-order valence-electron chi connectivity index (χ2n) is 7.34. The zero-order chi connectivity index (χ0) is 23.2. The number of nitriles is 1. The number of rotatable bonds is 4. The lowest BCUT2D eigenvalue weighted by Crippen LogP contribution is -2.36. The van der Waals surface area contributed by atoms with Crippen molar-refractivity contribution in [2.24, 2.45) is 0 Å². The Morgan fingerprint density at radius 2 is 2.09 bits per heavy atom. The fourth-order valence-electron chi connectivity index (χ4n) is 3.62. The van der Waals surface area contributed by atoms with Crippen molar-refractivity contribution >= 4 is 11.3 Å². The van der Waals surface area contributed by atoms with Gasteiger partial charge in [-0.05, 0) is 12.1 Å². The second-order valence-corrected chi connectivity index (χ2v) is 7.34. The summed E-state index contributed by atoms with van der Waals surface area (Å²) < 4.78 is 36.5. The molecule has 1 saturated heterocycles. The Hall–Kier alpha value is -4.60. The predicted octanol–water partition coefficient (Wildman–Crippen LogP) is 0.942. The highest BCUT2D eigenvalue weighted by molar-refractivity contribution is 5.74. The van der Waals surface area contributed by atoms with Gasteiger partial charge in [0.15, 0.2) is 11.8 Å². The number of H-pyrrole nitrogens is 2. The number of halogens is 2. The van der Waals surface area contributed by atoms with Gasteiger partial charge in [-0.3, -0.25) is 9.78 Å². The van der Waals surface area contributed by atoms with Gasteiger partial charge in [0.25, 0.3) is 5.56 Å². The van der Waals surface area contributed by atoms with Crippen LogP contribution in [0.5, 0.6) is 5.88 Å². The van der Waals surface area contributed by atoms with E-state index in [1.54, 1.807) is 0 Å². The number of fused-ring (bicyclic) bond motifs is 1. The van der Waals surface area contributed by atoms with Gasteiger partial charge in [-0.2, -0.15) is 10.4 Å². The maximum atomic E-state index is 14.9. The monoisotopic (exact) mass is 452 g/mol. The summed E-state index contributed by atoms with van der Waals surface area (Å²) in [6.07, 6.45) is 3.94. The standard InChI is InChI=1S/C20H14F2N8O3/c21-20(22)10-29(9-15(20)33-16-5-11(7-23)1-2-24-16)14-6-13(28-30-4-3-25-17(14)30)12-8-26-19(32)27-18(12)31/h1-6,8,15H,9-10H2,(H2,26,27,31,32). The Labute approximate surface area is 182 Å². The summed E-state index contributed by atoms with van der Waals surface area (Å²) >= 11 is 0. The Morgan fingerprint density at radius 3 is 2.88 bits per heavy atom. The smallest absolute Gasteiger partial charge is 0.325 e. The Bertz CT molecular complexity index is 1520. The van der Waals surface area contributed by atoms with Crippen molar-refractivity contribution in [3.8, 4) is 23.2 Å². The first-order valence-corrected chi connectivity index (χ1v) is 9.66. The molecule has 0 aromatic carbocycles. The zero-order valence-electron chi connectivity index (χ0n) is 16.7. The molecule has 5 heterocycles. The van der Waals surface area contributed by atoms with Crippen molar-refractivity contribution in [1.82, 2.24) is 29.5 Å². The van der Waals surface area contributed by atoms with E-state index in [0.717, 1.165) is 0 Å². The van der Waals surface area contributed by atoms with E-state index in [0.29, 0.717) is 11.3 Å². The summed E-state index contributed by atoms with van der Waals surface area (Å²) in [5.41, 5.74) is -0.288. The molecule has 4 aromatic heterocycles. The van der Waals surface area contributed by atoms with E-state index >= 15 is 0 Å². The molecule has 5 rings (SSSR count). The summed E-state index contributed by atoms with van der Waals surface area (Å²) in [5, 5.41) is 13.3. The van der Waals surface area contributed by atoms with E-state index in [1.165, 1.54) is 52.4 Å². The summed E-state index contributed by atoms with van der Waals surface area (Å²) in [5.74, 6) is -3.32. The average Bonchev–Trinajstić information content (AvgIpc) is 3.37. The minimum absolute atomic E-state index is 0.0581. The van der Waals surface area contributed by atoms with E-state index in [9.17, 15) is 18.4 Å². The number of nitrogens with zero attached hydrogens (tertiary/aromatic N) is 6. The van der Waals surface area contributed by atoms with E-state index in [1.807, 2.05) is 6.07 Å². The molecule has 0 aliphatic carbocycles. The Kier molecular flexibility index (Phi) is 4.63. The lowest BCUT2D eigenvalue weighted by atomic mass is 10.2. The summed E-state index contributed by atoms with van der Waals surface area (Å²) in [7, 11) is 0. The third kappa shape index (κ3) is 3.67. The molecule has 13 heteroatoms. The molecule has 166 valence electrons. The van der Waals surface area contributed by atoms with Crippen molar-refractivity contribution in [2.75, 3.05) is 18.0 Å². The highest BCUT2D eigenvalue weighted by Gasteiger charge is 2.51. The number of nitrogens with one attached hydrogen (secondary N) is 2. The van der Waals surface area contributed by atoms with E-state index in [-0.39, 0.29) is 29.2 Å². The van der Waals surface area contributed by atoms with Gasteiger partial charge < -0.3 is 14.6 Å². The van der Waals surface area contributed by atoms with Gasteiger partial charge in [-0.25, -0.2) is 28.1 Å². The molecular weight excluding hydrogens is 438 g/mol. The number of aromatic nitrogens is 6. The first-order chi connectivity index (χ1) is 15.8. The van der Waals surface area contributed by atoms with E-state index < -0.39 is 29.8 Å².